The minimum absolute atomic E-state index is 0.0232. The lowest BCUT2D eigenvalue weighted by Gasteiger charge is -2.15. The van der Waals surface area contributed by atoms with E-state index in [2.05, 4.69) is 5.32 Å². The molecule has 0 radical (unpaired) electrons. The summed E-state index contributed by atoms with van der Waals surface area (Å²) in [6.45, 7) is 1.40. The van der Waals surface area contributed by atoms with Crippen LogP contribution in [0.15, 0.2) is 18.2 Å². The van der Waals surface area contributed by atoms with Gasteiger partial charge in [-0.2, -0.15) is 0 Å². The molecule has 1 aromatic carbocycles. The van der Waals surface area contributed by atoms with Gasteiger partial charge in [-0.25, -0.2) is 0 Å². The Kier molecular flexibility index (Phi) is 3.43. The van der Waals surface area contributed by atoms with E-state index in [0.717, 1.165) is 18.7 Å². The molecule has 17 heavy (non-hydrogen) atoms. The Morgan fingerprint density at radius 2 is 2.41 bits per heavy atom. The maximum atomic E-state index is 10.6. The lowest BCUT2D eigenvalue weighted by molar-refractivity contribution is -0.384. The van der Waals surface area contributed by atoms with Crippen LogP contribution < -0.4 is 10.1 Å². The largest absolute Gasteiger partial charge is 0.494 e. The number of anilines is 1. The molecule has 0 aromatic heterocycles. The molecule has 0 spiro atoms. The summed E-state index contributed by atoms with van der Waals surface area (Å²) in [5, 5.41) is 13.9. The number of hydrogen-bond acceptors (Lipinski definition) is 5. The first-order chi connectivity index (χ1) is 8.20. The fourth-order valence-electron chi connectivity index (χ4n) is 1.78. The van der Waals surface area contributed by atoms with Gasteiger partial charge in [-0.05, 0) is 12.5 Å². The number of nitrogens with one attached hydrogen (secondary N) is 1. The molecule has 1 aliphatic rings. The molecule has 6 heteroatoms. The van der Waals surface area contributed by atoms with E-state index in [1.54, 1.807) is 6.07 Å². The molecule has 1 aromatic rings. The summed E-state index contributed by atoms with van der Waals surface area (Å²) in [5.41, 5.74) is 0.781. The zero-order valence-electron chi connectivity index (χ0n) is 9.51. The van der Waals surface area contributed by atoms with Crippen molar-refractivity contribution in [2.45, 2.75) is 12.5 Å². The number of nitrogens with zero attached hydrogens (tertiary/aromatic N) is 1. The number of nitro benzene ring substituents is 1. The summed E-state index contributed by atoms with van der Waals surface area (Å²) in [6, 6.07) is 4.78. The van der Waals surface area contributed by atoms with Crippen molar-refractivity contribution in [2.24, 2.45) is 0 Å². The third-order valence-corrected chi connectivity index (χ3v) is 2.69. The van der Waals surface area contributed by atoms with Gasteiger partial charge >= 0.3 is 0 Å². The molecule has 0 bridgehead atoms. The molecule has 1 saturated heterocycles. The summed E-state index contributed by atoms with van der Waals surface area (Å²) in [4.78, 5) is 10.2. The highest BCUT2D eigenvalue weighted by atomic mass is 16.6. The second-order valence-corrected chi connectivity index (χ2v) is 3.85. The molecule has 1 atom stereocenters. The summed E-state index contributed by atoms with van der Waals surface area (Å²) in [5.74, 6) is 0.478. The van der Waals surface area contributed by atoms with Crippen molar-refractivity contribution in [2.75, 3.05) is 25.6 Å². The summed E-state index contributed by atoms with van der Waals surface area (Å²) < 4.78 is 10.4. The molecule has 2 rings (SSSR count). The smallest absolute Gasteiger partial charge is 0.273 e. The molecule has 6 nitrogen and oxygen atoms in total. The Balaban J connectivity index is 2.18. The first kappa shape index (κ1) is 11.7. The molecule has 1 N–H and O–H groups in total. The van der Waals surface area contributed by atoms with Gasteiger partial charge in [-0.3, -0.25) is 10.1 Å². The Morgan fingerprint density at radius 3 is 3.00 bits per heavy atom. The highest BCUT2D eigenvalue weighted by Gasteiger charge is 2.18. The molecule has 1 heterocycles. The highest BCUT2D eigenvalue weighted by Crippen LogP contribution is 2.30. The number of rotatable bonds is 4. The lowest BCUT2D eigenvalue weighted by atomic mass is 10.2. The molecule has 1 aliphatic heterocycles. The number of ether oxygens (including phenoxy) is 2. The number of methoxy groups -OCH3 is 1. The van der Waals surface area contributed by atoms with E-state index in [-0.39, 0.29) is 11.7 Å². The zero-order valence-corrected chi connectivity index (χ0v) is 9.51. The third-order valence-electron chi connectivity index (χ3n) is 2.69. The van der Waals surface area contributed by atoms with Crippen LogP contribution in [-0.4, -0.2) is 31.3 Å². The quantitative estimate of drug-likeness (QED) is 0.639. The molecular weight excluding hydrogens is 224 g/mol. The molecule has 1 fully saturated rings. The molecule has 0 saturated carbocycles. The van der Waals surface area contributed by atoms with Gasteiger partial charge in [0.1, 0.15) is 5.75 Å². The van der Waals surface area contributed by atoms with Gasteiger partial charge in [0, 0.05) is 12.7 Å². The SMILES string of the molecule is COc1cc([N+](=O)[O-])ccc1NC1CCOC1. The monoisotopic (exact) mass is 238 g/mol. The number of benzene rings is 1. The van der Waals surface area contributed by atoms with E-state index >= 15 is 0 Å². The van der Waals surface area contributed by atoms with E-state index in [1.165, 1.54) is 19.2 Å². The predicted molar refractivity (Wildman–Crippen MR) is 62.5 cm³/mol. The van der Waals surface area contributed by atoms with E-state index in [1.807, 2.05) is 0 Å². The standard InChI is InChI=1S/C11H14N2O4/c1-16-11-6-9(13(14)15)2-3-10(11)12-8-4-5-17-7-8/h2-3,6,8,12H,4-5,7H2,1H3. The van der Waals surface area contributed by atoms with E-state index in [0.29, 0.717) is 12.4 Å². The Morgan fingerprint density at radius 1 is 1.59 bits per heavy atom. The van der Waals surface area contributed by atoms with Gasteiger partial charge in [0.25, 0.3) is 5.69 Å². The van der Waals surface area contributed by atoms with Gasteiger partial charge in [0.2, 0.25) is 0 Å². The van der Waals surface area contributed by atoms with Crippen LogP contribution in [0.4, 0.5) is 11.4 Å². The molecule has 1 unspecified atom stereocenters. The van der Waals surface area contributed by atoms with Crippen LogP contribution >= 0.6 is 0 Å². The second-order valence-electron chi connectivity index (χ2n) is 3.85. The van der Waals surface area contributed by atoms with Crippen molar-refractivity contribution in [3.63, 3.8) is 0 Å². The number of hydrogen-bond donors (Lipinski definition) is 1. The highest BCUT2D eigenvalue weighted by molar-refractivity contribution is 5.61. The number of non-ortho nitro benzene ring substituents is 1. The van der Waals surface area contributed by atoms with Crippen LogP contribution in [0.2, 0.25) is 0 Å². The minimum atomic E-state index is -0.440. The van der Waals surface area contributed by atoms with Crippen LogP contribution in [0.25, 0.3) is 0 Å². The topological polar surface area (TPSA) is 73.6 Å². The molecule has 0 aliphatic carbocycles. The second kappa shape index (κ2) is 5.01. The minimum Gasteiger partial charge on any atom is -0.494 e. The van der Waals surface area contributed by atoms with Crippen molar-refractivity contribution in [3.8, 4) is 5.75 Å². The average Bonchev–Trinajstić information content (AvgIpc) is 2.82. The van der Waals surface area contributed by atoms with Crippen LogP contribution in [0.1, 0.15) is 6.42 Å². The summed E-state index contributed by atoms with van der Waals surface area (Å²) >= 11 is 0. The fourth-order valence-corrected chi connectivity index (χ4v) is 1.78. The Bertz CT molecular complexity index is 416. The third kappa shape index (κ3) is 2.65. The number of nitro groups is 1. The van der Waals surface area contributed by atoms with Crippen LogP contribution in [-0.2, 0) is 4.74 Å². The van der Waals surface area contributed by atoms with Crippen molar-refractivity contribution in [1.82, 2.24) is 0 Å². The van der Waals surface area contributed by atoms with E-state index < -0.39 is 4.92 Å². The van der Waals surface area contributed by atoms with Gasteiger partial charge in [0.05, 0.1) is 36.4 Å². The first-order valence-corrected chi connectivity index (χ1v) is 5.37. The zero-order chi connectivity index (χ0) is 12.3. The van der Waals surface area contributed by atoms with Gasteiger partial charge < -0.3 is 14.8 Å². The Hall–Kier alpha value is -1.82. The first-order valence-electron chi connectivity index (χ1n) is 5.37. The maximum absolute atomic E-state index is 10.6. The van der Waals surface area contributed by atoms with Crippen molar-refractivity contribution in [3.05, 3.63) is 28.3 Å². The lowest BCUT2D eigenvalue weighted by Crippen LogP contribution is -2.19. The molecule has 0 amide bonds. The van der Waals surface area contributed by atoms with Gasteiger partial charge in [-0.15, -0.1) is 0 Å². The van der Waals surface area contributed by atoms with Gasteiger partial charge in [-0.1, -0.05) is 0 Å². The summed E-state index contributed by atoms with van der Waals surface area (Å²) in [6.07, 6.45) is 0.931. The van der Waals surface area contributed by atoms with Crippen molar-refractivity contribution in [1.29, 1.82) is 0 Å². The average molecular weight is 238 g/mol. The summed E-state index contributed by atoms with van der Waals surface area (Å²) in [7, 11) is 1.50. The van der Waals surface area contributed by atoms with Gasteiger partial charge in [0.15, 0.2) is 0 Å². The maximum Gasteiger partial charge on any atom is 0.273 e. The Labute approximate surface area is 98.7 Å². The van der Waals surface area contributed by atoms with Crippen LogP contribution in [0.5, 0.6) is 5.75 Å². The molecule has 92 valence electrons. The normalized spacial score (nSPS) is 19.0. The van der Waals surface area contributed by atoms with Crippen LogP contribution in [0, 0.1) is 10.1 Å². The van der Waals surface area contributed by atoms with E-state index in [9.17, 15) is 10.1 Å². The van der Waals surface area contributed by atoms with Crippen molar-refractivity contribution < 1.29 is 14.4 Å². The van der Waals surface area contributed by atoms with Crippen LogP contribution in [0.3, 0.4) is 0 Å². The van der Waals surface area contributed by atoms with Crippen molar-refractivity contribution >= 4 is 11.4 Å². The van der Waals surface area contributed by atoms with E-state index in [4.69, 9.17) is 9.47 Å². The predicted octanol–water partition coefficient (Wildman–Crippen LogP) is 1.80. The molecular formula is C11H14N2O4. The fraction of sp³-hybridized carbons (Fsp3) is 0.455.